The Hall–Kier alpha value is -2.35. The molecule has 4 heteroatoms. The Morgan fingerprint density at radius 2 is 1.78 bits per heavy atom. The predicted molar refractivity (Wildman–Crippen MR) is 138 cm³/mol. The third-order valence-electron chi connectivity index (χ3n) is 5.81. The Morgan fingerprint density at radius 3 is 2.47 bits per heavy atom. The predicted octanol–water partition coefficient (Wildman–Crippen LogP) is 6.32. The molecule has 3 aromatic carbocycles. The molecule has 170 valence electrons. The van der Waals surface area contributed by atoms with Crippen molar-refractivity contribution in [3.63, 3.8) is 0 Å². The molecule has 2 unspecified atom stereocenters. The topological polar surface area (TPSA) is 30.5 Å². The van der Waals surface area contributed by atoms with Crippen LogP contribution in [0.15, 0.2) is 66.7 Å². The Labute approximate surface area is 195 Å². The van der Waals surface area contributed by atoms with E-state index >= 15 is 0 Å². The molecule has 0 saturated heterocycles. The van der Waals surface area contributed by atoms with Crippen molar-refractivity contribution in [2.24, 2.45) is 0 Å². The second-order valence-corrected chi connectivity index (χ2v) is 10.4. The molecule has 0 fully saturated rings. The first-order valence-corrected chi connectivity index (χ1v) is 12.4. The van der Waals surface area contributed by atoms with Crippen molar-refractivity contribution in [3.05, 3.63) is 89.0 Å². The van der Waals surface area contributed by atoms with E-state index in [1.165, 1.54) is 27.6 Å². The van der Waals surface area contributed by atoms with Gasteiger partial charge in [0.15, 0.2) is 0 Å². The summed E-state index contributed by atoms with van der Waals surface area (Å²) < 4.78 is 12.0. The number of ether oxygens (including phenoxy) is 2. The SMILES string of the molecule is CCCC(C)(Pc1ccc(C)cc1CNC)c1cc(OC)ccc1OCc1ccccc1. The monoisotopic (exact) mass is 449 g/mol. The minimum Gasteiger partial charge on any atom is -0.497 e. The highest BCUT2D eigenvalue weighted by Crippen LogP contribution is 2.49. The largest absolute Gasteiger partial charge is 0.497 e. The smallest absolute Gasteiger partial charge is 0.124 e. The van der Waals surface area contributed by atoms with Crippen molar-refractivity contribution < 1.29 is 9.47 Å². The van der Waals surface area contributed by atoms with E-state index in [0.717, 1.165) is 30.9 Å². The van der Waals surface area contributed by atoms with E-state index in [9.17, 15) is 0 Å². The van der Waals surface area contributed by atoms with Gasteiger partial charge in [-0.05, 0) is 55.0 Å². The summed E-state index contributed by atoms with van der Waals surface area (Å²) in [6.07, 6.45) is 2.18. The van der Waals surface area contributed by atoms with Crippen LogP contribution in [0.4, 0.5) is 0 Å². The molecule has 32 heavy (non-hydrogen) atoms. The lowest BCUT2D eigenvalue weighted by Crippen LogP contribution is -2.23. The van der Waals surface area contributed by atoms with E-state index < -0.39 is 0 Å². The maximum absolute atomic E-state index is 6.39. The molecule has 3 aromatic rings. The summed E-state index contributed by atoms with van der Waals surface area (Å²) in [6, 6.07) is 23.4. The molecular weight excluding hydrogens is 413 g/mol. The first kappa shape index (κ1) is 24.3. The van der Waals surface area contributed by atoms with Crippen LogP contribution in [0.25, 0.3) is 0 Å². The van der Waals surface area contributed by atoms with Crippen molar-refractivity contribution in [1.82, 2.24) is 5.32 Å². The van der Waals surface area contributed by atoms with E-state index in [-0.39, 0.29) is 5.16 Å². The van der Waals surface area contributed by atoms with E-state index in [0.29, 0.717) is 15.2 Å². The summed E-state index contributed by atoms with van der Waals surface area (Å²) in [7, 11) is 4.37. The molecule has 3 nitrogen and oxygen atoms in total. The quantitative estimate of drug-likeness (QED) is 0.348. The average Bonchev–Trinajstić information content (AvgIpc) is 2.80. The number of hydrogen-bond donors (Lipinski definition) is 1. The fourth-order valence-electron chi connectivity index (χ4n) is 4.17. The molecule has 0 aliphatic rings. The number of nitrogens with one attached hydrogen (secondary N) is 1. The van der Waals surface area contributed by atoms with Crippen LogP contribution >= 0.6 is 8.58 Å². The molecule has 0 aliphatic carbocycles. The van der Waals surface area contributed by atoms with Crippen LogP contribution < -0.4 is 20.1 Å². The first-order chi connectivity index (χ1) is 15.5. The highest BCUT2D eigenvalue weighted by atomic mass is 31.1. The second kappa shape index (κ2) is 11.5. The highest BCUT2D eigenvalue weighted by Gasteiger charge is 2.31. The van der Waals surface area contributed by atoms with Gasteiger partial charge in [-0.1, -0.05) is 82.9 Å². The maximum atomic E-state index is 6.39. The lowest BCUT2D eigenvalue weighted by molar-refractivity contribution is 0.298. The van der Waals surface area contributed by atoms with Gasteiger partial charge in [0.1, 0.15) is 18.1 Å². The molecule has 0 saturated carbocycles. The molecule has 1 N–H and O–H groups in total. The zero-order valence-electron chi connectivity index (χ0n) is 20.0. The van der Waals surface area contributed by atoms with Crippen LogP contribution in [-0.4, -0.2) is 14.2 Å². The lowest BCUT2D eigenvalue weighted by atomic mass is 9.94. The second-order valence-electron chi connectivity index (χ2n) is 8.53. The number of benzene rings is 3. The fraction of sp³-hybridized carbons (Fsp3) is 0.357. The molecule has 0 bridgehead atoms. The van der Waals surface area contributed by atoms with Crippen molar-refractivity contribution in [2.75, 3.05) is 14.2 Å². The van der Waals surface area contributed by atoms with Crippen LogP contribution in [0.5, 0.6) is 11.5 Å². The zero-order chi connectivity index (χ0) is 23.0. The molecule has 2 atom stereocenters. The van der Waals surface area contributed by atoms with Gasteiger partial charge in [-0.2, -0.15) is 0 Å². The van der Waals surface area contributed by atoms with Gasteiger partial charge in [0.2, 0.25) is 0 Å². The molecular formula is C28H36NO2P. The van der Waals surface area contributed by atoms with Gasteiger partial charge >= 0.3 is 0 Å². The molecule has 0 heterocycles. The summed E-state index contributed by atoms with van der Waals surface area (Å²) in [5, 5.41) is 4.70. The molecule has 3 rings (SSSR count). The standard InChI is InChI=1S/C28H36NO2P/c1-6-16-28(3,32-27-15-12-21(2)17-23(27)19-29-4)25-18-24(30-5)13-14-26(25)31-20-22-10-8-7-9-11-22/h7-15,17-18,29,32H,6,16,19-20H2,1-5H3. The van der Waals surface area contributed by atoms with E-state index in [1.54, 1.807) is 7.11 Å². The van der Waals surface area contributed by atoms with Crippen molar-refractivity contribution >= 4 is 13.9 Å². The van der Waals surface area contributed by atoms with Crippen LogP contribution in [0.2, 0.25) is 0 Å². The summed E-state index contributed by atoms with van der Waals surface area (Å²) in [4.78, 5) is 0. The molecule has 0 spiro atoms. The van der Waals surface area contributed by atoms with E-state index in [4.69, 9.17) is 9.47 Å². The Kier molecular flexibility index (Phi) is 8.73. The van der Waals surface area contributed by atoms with Gasteiger partial charge in [-0.25, -0.2) is 0 Å². The van der Waals surface area contributed by atoms with Crippen molar-refractivity contribution in [1.29, 1.82) is 0 Å². The lowest BCUT2D eigenvalue weighted by Gasteiger charge is -2.33. The van der Waals surface area contributed by atoms with E-state index in [2.05, 4.69) is 80.7 Å². The third kappa shape index (κ3) is 6.12. The van der Waals surface area contributed by atoms with Gasteiger partial charge in [0.25, 0.3) is 0 Å². The normalized spacial score (nSPS) is 13.3. The highest BCUT2D eigenvalue weighted by molar-refractivity contribution is 7.48. The van der Waals surface area contributed by atoms with Gasteiger partial charge in [-0.3, -0.25) is 0 Å². The average molecular weight is 450 g/mol. The molecule has 0 radical (unpaired) electrons. The van der Waals surface area contributed by atoms with Gasteiger partial charge < -0.3 is 14.8 Å². The minimum atomic E-state index is -0.0486. The maximum Gasteiger partial charge on any atom is 0.124 e. The number of aryl methyl sites for hydroxylation is 1. The van der Waals surface area contributed by atoms with Crippen molar-refractivity contribution in [2.45, 2.75) is 51.9 Å². The summed E-state index contributed by atoms with van der Waals surface area (Å²) in [5.41, 5.74) is 5.07. The van der Waals surface area contributed by atoms with Gasteiger partial charge in [-0.15, -0.1) is 0 Å². The Morgan fingerprint density at radius 1 is 1.00 bits per heavy atom. The van der Waals surface area contributed by atoms with Gasteiger partial charge in [0.05, 0.1) is 7.11 Å². The third-order valence-corrected chi connectivity index (χ3v) is 7.64. The number of rotatable bonds is 11. The zero-order valence-corrected chi connectivity index (χ0v) is 21.0. The fourth-order valence-corrected chi connectivity index (χ4v) is 5.96. The number of hydrogen-bond acceptors (Lipinski definition) is 3. The minimum absolute atomic E-state index is 0.0486. The summed E-state index contributed by atoms with van der Waals surface area (Å²) >= 11 is 0. The van der Waals surface area contributed by atoms with Crippen LogP contribution in [0.3, 0.4) is 0 Å². The molecule has 0 aliphatic heterocycles. The summed E-state index contributed by atoms with van der Waals surface area (Å²) in [6.45, 7) is 8.23. The Bertz CT molecular complexity index is 1010. The summed E-state index contributed by atoms with van der Waals surface area (Å²) in [5.74, 6) is 1.82. The van der Waals surface area contributed by atoms with E-state index in [1.807, 2.05) is 19.2 Å². The Balaban J connectivity index is 2.00. The van der Waals surface area contributed by atoms with Crippen LogP contribution in [-0.2, 0) is 18.3 Å². The molecule has 0 amide bonds. The number of methoxy groups -OCH3 is 1. The van der Waals surface area contributed by atoms with Gasteiger partial charge in [0, 0.05) is 17.3 Å². The first-order valence-electron chi connectivity index (χ1n) is 11.4. The van der Waals surface area contributed by atoms with Crippen LogP contribution in [0.1, 0.15) is 48.9 Å². The van der Waals surface area contributed by atoms with Crippen molar-refractivity contribution in [3.8, 4) is 11.5 Å². The molecule has 0 aromatic heterocycles. The van der Waals surface area contributed by atoms with Crippen LogP contribution in [0, 0.1) is 6.92 Å².